The highest BCUT2D eigenvalue weighted by Gasteiger charge is 2.12. The quantitative estimate of drug-likeness (QED) is 0.919. The number of hydrogen-bond donors (Lipinski definition) is 1. The Morgan fingerprint density at radius 1 is 1.53 bits per heavy atom. The summed E-state index contributed by atoms with van der Waals surface area (Å²) in [5, 5.41) is 13.3. The second-order valence-corrected chi connectivity index (χ2v) is 4.74. The maximum absolute atomic E-state index is 13.3. The second kappa shape index (κ2) is 5.87. The Bertz CT molecular complexity index is 587. The number of nitrogens with zero attached hydrogens (tertiary/aromatic N) is 4. The SMILES string of the molecule is Cc1c(Br)cc(F)cc1C(=O)NCCn1cnnn1. The highest BCUT2D eigenvalue weighted by molar-refractivity contribution is 9.10. The van der Waals surface area contributed by atoms with E-state index in [-0.39, 0.29) is 5.91 Å². The van der Waals surface area contributed by atoms with E-state index < -0.39 is 5.82 Å². The molecule has 0 radical (unpaired) electrons. The Labute approximate surface area is 117 Å². The zero-order valence-corrected chi connectivity index (χ0v) is 11.7. The smallest absolute Gasteiger partial charge is 0.251 e. The zero-order chi connectivity index (χ0) is 13.8. The number of halogens is 2. The number of carbonyl (C=O) groups is 1. The fourth-order valence-electron chi connectivity index (χ4n) is 1.54. The molecule has 1 heterocycles. The summed E-state index contributed by atoms with van der Waals surface area (Å²) >= 11 is 3.21. The molecule has 2 aromatic rings. The maximum atomic E-state index is 13.3. The Morgan fingerprint density at radius 2 is 2.32 bits per heavy atom. The van der Waals surface area contributed by atoms with Gasteiger partial charge in [-0.3, -0.25) is 4.79 Å². The lowest BCUT2D eigenvalue weighted by Crippen LogP contribution is -2.28. The number of hydrogen-bond acceptors (Lipinski definition) is 4. The van der Waals surface area contributed by atoms with Crippen molar-refractivity contribution < 1.29 is 9.18 Å². The van der Waals surface area contributed by atoms with Crippen LogP contribution in [-0.2, 0) is 6.54 Å². The molecule has 19 heavy (non-hydrogen) atoms. The molecule has 8 heteroatoms. The number of amides is 1. The van der Waals surface area contributed by atoms with Crippen molar-refractivity contribution in [3.8, 4) is 0 Å². The molecule has 0 spiro atoms. The first kappa shape index (κ1) is 13.6. The lowest BCUT2D eigenvalue weighted by atomic mass is 10.1. The minimum Gasteiger partial charge on any atom is -0.350 e. The van der Waals surface area contributed by atoms with Gasteiger partial charge in [0.25, 0.3) is 5.91 Å². The molecule has 0 fully saturated rings. The van der Waals surface area contributed by atoms with E-state index in [1.807, 2.05) is 0 Å². The molecule has 2 rings (SSSR count). The summed E-state index contributed by atoms with van der Waals surface area (Å²) in [4.78, 5) is 11.9. The summed E-state index contributed by atoms with van der Waals surface area (Å²) in [6.45, 7) is 2.56. The summed E-state index contributed by atoms with van der Waals surface area (Å²) in [7, 11) is 0. The van der Waals surface area contributed by atoms with E-state index in [0.717, 1.165) is 0 Å². The van der Waals surface area contributed by atoms with Crippen LogP contribution in [0.1, 0.15) is 15.9 Å². The Kier molecular flexibility index (Phi) is 4.20. The third kappa shape index (κ3) is 3.34. The number of rotatable bonds is 4. The van der Waals surface area contributed by atoms with Crippen molar-refractivity contribution in [2.75, 3.05) is 6.54 Å². The average Bonchev–Trinajstić information content (AvgIpc) is 2.86. The van der Waals surface area contributed by atoms with Crippen LogP contribution in [0.4, 0.5) is 4.39 Å². The largest absolute Gasteiger partial charge is 0.350 e. The molecule has 0 unspecified atom stereocenters. The monoisotopic (exact) mass is 327 g/mol. The van der Waals surface area contributed by atoms with E-state index in [2.05, 4.69) is 36.8 Å². The van der Waals surface area contributed by atoms with Gasteiger partial charge in [0, 0.05) is 16.6 Å². The Morgan fingerprint density at radius 3 is 3.00 bits per heavy atom. The van der Waals surface area contributed by atoms with E-state index in [1.54, 1.807) is 6.92 Å². The third-order valence-corrected chi connectivity index (χ3v) is 3.40. The van der Waals surface area contributed by atoms with Crippen LogP contribution >= 0.6 is 15.9 Å². The van der Waals surface area contributed by atoms with Crippen LogP contribution in [0, 0.1) is 12.7 Å². The molecule has 6 nitrogen and oxygen atoms in total. The molecule has 0 aliphatic carbocycles. The van der Waals surface area contributed by atoms with E-state index in [4.69, 9.17) is 0 Å². The number of carbonyl (C=O) groups excluding carboxylic acids is 1. The molecule has 1 N–H and O–H groups in total. The van der Waals surface area contributed by atoms with Gasteiger partial charge in [-0.25, -0.2) is 9.07 Å². The van der Waals surface area contributed by atoms with Crippen LogP contribution in [0.15, 0.2) is 22.9 Å². The number of aromatic nitrogens is 4. The van der Waals surface area contributed by atoms with Gasteiger partial charge in [0.15, 0.2) is 0 Å². The topological polar surface area (TPSA) is 72.7 Å². The van der Waals surface area contributed by atoms with Crippen molar-refractivity contribution in [2.45, 2.75) is 13.5 Å². The van der Waals surface area contributed by atoms with Gasteiger partial charge in [-0.2, -0.15) is 0 Å². The van der Waals surface area contributed by atoms with Crippen LogP contribution in [0.25, 0.3) is 0 Å². The molecular formula is C11H11BrFN5O. The minimum absolute atomic E-state index is 0.309. The molecule has 0 aliphatic heterocycles. The molecule has 1 aromatic heterocycles. The predicted molar refractivity (Wildman–Crippen MR) is 69.0 cm³/mol. The van der Waals surface area contributed by atoms with Crippen LogP contribution in [0.2, 0.25) is 0 Å². The highest BCUT2D eigenvalue weighted by Crippen LogP contribution is 2.21. The molecule has 0 atom stereocenters. The van der Waals surface area contributed by atoms with E-state index >= 15 is 0 Å². The van der Waals surface area contributed by atoms with Gasteiger partial charge in [0.2, 0.25) is 0 Å². The normalized spacial score (nSPS) is 10.5. The lowest BCUT2D eigenvalue weighted by molar-refractivity contribution is 0.0950. The van der Waals surface area contributed by atoms with E-state index in [0.29, 0.717) is 28.7 Å². The second-order valence-electron chi connectivity index (χ2n) is 3.89. The third-order valence-electron chi connectivity index (χ3n) is 2.57. The lowest BCUT2D eigenvalue weighted by Gasteiger charge is -2.09. The van der Waals surface area contributed by atoms with Crippen LogP contribution in [0.5, 0.6) is 0 Å². The Balaban J connectivity index is 2.00. The molecule has 1 amide bonds. The van der Waals surface area contributed by atoms with Gasteiger partial charge >= 0.3 is 0 Å². The maximum Gasteiger partial charge on any atom is 0.251 e. The first-order chi connectivity index (χ1) is 9.08. The molecule has 100 valence electrons. The van der Waals surface area contributed by atoms with Gasteiger partial charge in [-0.1, -0.05) is 15.9 Å². The van der Waals surface area contributed by atoms with Crippen molar-refractivity contribution in [1.29, 1.82) is 0 Å². The van der Waals surface area contributed by atoms with Gasteiger partial charge in [0.1, 0.15) is 12.1 Å². The summed E-state index contributed by atoms with van der Waals surface area (Å²) < 4.78 is 15.3. The van der Waals surface area contributed by atoms with Gasteiger partial charge in [-0.05, 0) is 35.0 Å². The minimum atomic E-state index is -0.455. The fraction of sp³-hybridized carbons (Fsp3) is 0.273. The van der Waals surface area contributed by atoms with Crippen molar-refractivity contribution in [1.82, 2.24) is 25.5 Å². The first-order valence-electron chi connectivity index (χ1n) is 5.52. The molecule has 1 aromatic carbocycles. The van der Waals surface area contributed by atoms with E-state index in [1.165, 1.54) is 23.1 Å². The first-order valence-corrected chi connectivity index (χ1v) is 6.32. The summed E-state index contributed by atoms with van der Waals surface area (Å²) in [5.74, 6) is -0.783. The molecular weight excluding hydrogens is 317 g/mol. The van der Waals surface area contributed by atoms with Crippen molar-refractivity contribution in [2.24, 2.45) is 0 Å². The summed E-state index contributed by atoms with van der Waals surface area (Å²) in [6.07, 6.45) is 1.45. The van der Waals surface area contributed by atoms with Crippen molar-refractivity contribution >= 4 is 21.8 Å². The van der Waals surface area contributed by atoms with Gasteiger partial charge in [0.05, 0.1) is 6.54 Å². The van der Waals surface area contributed by atoms with Gasteiger partial charge < -0.3 is 5.32 Å². The predicted octanol–water partition coefficient (Wildman–Crippen LogP) is 1.31. The standard InChI is InChI=1S/C11H11BrFN5O/c1-7-9(4-8(13)5-10(7)12)11(19)14-2-3-18-6-15-16-17-18/h4-6H,2-3H2,1H3,(H,14,19). The number of nitrogens with one attached hydrogen (secondary N) is 1. The van der Waals surface area contributed by atoms with Gasteiger partial charge in [-0.15, -0.1) is 5.10 Å². The average molecular weight is 328 g/mol. The highest BCUT2D eigenvalue weighted by atomic mass is 79.9. The molecule has 0 saturated carbocycles. The number of benzene rings is 1. The molecule has 0 aliphatic rings. The summed E-state index contributed by atoms with van der Waals surface area (Å²) in [5.41, 5.74) is 1.00. The van der Waals surface area contributed by atoms with Crippen molar-refractivity contribution in [3.63, 3.8) is 0 Å². The summed E-state index contributed by atoms with van der Waals surface area (Å²) in [6, 6.07) is 2.54. The van der Waals surface area contributed by atoms with Crippen molar-refractivity contribution in [3.05, 3.63) is 39.9 Å². The number of tetrazole rings is 1. The van der Waals surface area contributed by atoms with Crippen LogP contribution in [-0.4, -0.2) is 32.7 Å². The molecule has 0 bridgehead atoms. The molecule has 0 saturated heterocycles. The van der Waals surface area contributed by atoms with E-state index in [9.17, 15) is 9.18 Å². The van der Waals surface area contributed by atoms with Crippen LogP contribution in [0.3, 0.4) is 0 Å². The fourth-order valence-corrected chi connectivity index (χ4v) is 1.98. The zero-order valence-electron chi connectivity index (χ0n) is 10.1. The Hall–Kier alpha value is -1.83. The van der Waals surface area contributed by atoms with Crippen LogP contribution < -0.4 is 5.32 Å².